The summed E-state index contributed by atoms with van der Waals surface area (Å²) in [5.74, 6) is -0.176. The summed E-state index contributed by atoms with van der Waals surface area (Å²) in [6.07, 6.45) is -1.03. The predicted octanol–water partition coefficient (Wildman–Crippen LogP) is 5.52. The first-order chi connectivity index (χ1) is 16.4. The minimum atomic E-state index is -1.86. The number of carbonyl (C=O) groups is 1. The highest BCUT2D eigenvalue weighted by Crippen LogP contribution is 2.35. The van der Waals surface area contributed by atoms with Crippen molar-refractivity contribution >= 4 is 58.1 Å². The molecule has 1 aromatic heterocycles. The Morgan fingerprint density at radius 3 is 2.66 bits per heavy atom. The van der Waals surface area contributed by atoms with Crippen molar-refractivity contribution < 1.29 is 19.0 Å². The van der Waals surface area contributed by atoms with Crippen LogP contribution in [0.4, 0.5) is 21.7 Å². The second-order valence-electron chi connectivity index (χ2n) is 8.10. The van der Waals surface area contributed by atoms with Crippen LogP contribution in [0.15, 0.2) is 36.4 Å². The number of halogens is 3. The van der Waals surface area contributed by atoms with E-state index in [-0.39, 0.29) is 12.4 Å². The highest BCUT2D eigenvalue weighted by molar-refractivity contribution is 6.32. The second-order valence-corrected chi connectivity index (χ2v) is 8.51. The predicted molar refractivity (Wildman–Crippen MR) is 136 cm³/mol. The summed E-state index contributed by atoms with van der Waals surface area (Å²) >= 11 is 6.22. The second kappa shape index (κ2) is 11.4. The number of nitrogens with zero attached hydrogens (tertiary/aromatic N) is 4. The molecule has 1 aliphatic rings. The zero-order chi connectivity index (χ0) is 24.2. The third kappa shape index (κ3) is 5.66. The molecule has 0 saturated carbocycles. The number of anilines is 2. The lowest BCUT2D eigenvalue weighted by Gasteiger charge is -2.33. The van der Waals surface area contributed by atoms with Gasteiger partial charge in [-0.25, -0.2) is 14.0 Å². The van der Waals surface area contributed by atoms with Gasteiger partial charge < -0.3 is 20.1 Å². The Bertz CT molecular complexity index is 1260. The number of carboxylic acid groups (broad SMARTS) is 1. The number of carboxylic acids is 1. The number of aliphatic carboxylic acids is 1. The van der Waals surface area contributed by atoms with Gasteiger partial charge in [-0.15, -0.1) is 22.6 Å². The molecule has 8 nitrogen and oxygen atoms in total. The lowest BCUT2D eigenvalue weighted by Crippen LogP contribution is -2.39. The van der Waals surface area contributed by atoms with Gasteiger partial charge in [0.1, 0.15) is 5.75 Å². The Labute approximate surface area is 213 Å². The molecule has 2 N–H and O–H groups in total. The van der Waals surface area contributed by atoms with Crippen LogP contribution in [0, 0.1) is 12.5 Å². The molecular weight excluding hydrogens is 496 g/mol. The van der Waals surface area contributed by atoms with Gasteiger partial charge in [-0.1, -0.05) is 29.8 Å². The van der Waals surface area contributed by atoms with Gasteiger partial charge in [0.2, 0.25) is 0 Å². The zero-order valence-corrected chi connectivity index (χ0v) is 20.4. The van der Waals surface area contributed by atoms with Gasteiger partial charge in [0.15, 0.2) is 23.5 Å². The highest BCUT2D eigenvalue weighted by atomic mass is 35.5. The zero-order valence-electron chi connectivity index (χ0n) is 18.9. The first-order valence-corrected chi connectivity index (χ1v) is 11.1. The third-order valence-electron chi connectivity index (χ3n) is 6.04. The molecule has 0 radical (unpaired) electrons. The standard InChI is InChI=1S/C24H23ClFN5O3.ClH/c1-27-16-4-5-17-18(12-16)22(28-13-14-3-6-20(34-2)19(25)11-14)29-30-23(17)31-9-7-15(8-10-31)21(26)24(32)33;/h3-6,11-12,15,21H,7-10,13H2,2H3,(H,28,29)(H,32,33);1H. The van der Waals surface area contributed by atoms with Crippen molar-refractivity contribution in [2.75, 3.05) is 30.4 Å². The molecular formula is C24H24Cl2FN5O3. The van der Waals surface area contributed by atoms with Crippen molar-refractivity contribution in [3.63, 3.8) is 0 Å². The van der Waals surface area contributed by atoms with E-state index >= 15 is 0 Å². The van der Waals surface area contributed by atoms with E-state index in [9.17, 15) is 9.18 Å². The number of nitrogens with one attached hydrogen (secondary N) is 1. The summed E-state index contributed by atoms with van der Waals surface area (Å²) in [6, 6.07) is 10.8. The topological polar surface area (TPSA) is 91.9 Å². The smallest absolute Gasteiger partial charge is 0.338 e. The van der Waals surface area contributed by atoms with Crippen LogP contribution in [0.3, 0.4) is 0 Å². The van der Waals surface area contributed by atoms with E-state index in [0.29, 0.717) is 60.6 Å². The van der Waals surface area contributed by atoms with Crippen molar-refractivity contribution in [3.05, 3.63) is 58.4 Å². The Balaban J connectivity index is 0.00000342. The fourth-order valence-corrected chi connectivity index (χ4v) is 4.45. The number of hydrogen-bond acceptors (Lipinski definition) is 6. The van der Waals surface area contributed by atoms with Crippen LogP contribution in [0.1, 0.15) is 18.4 Å². The summed E-state index contributed by atoms with van der Waals surface area (Å²) < 4.78 is 19.1. The minimum absolute atomic E-state index is 0. The summed E-state index contributed by atoms with van der Waals surface area (Å²) in [5, 5.41) is 23.1. The fraction of sp³-hybridized carbons (Fsp3) is 0.333. The maximum atomic E-state index is 13.9. The van der Waals surface area contributed by atoms with E-state index in [4.69, 9.17) is 28.0 Å². The summed E-state index contributed by atoms with van der Waals surface area (Å²) in [6.45, 7) is 8.77. The molecule has 1 unspecified atom stereocenters. The molecule has 0 spiro atoms. The van der Waals surface area contributed by atoms with Gasteiger partial charge in [0.05, 0.1) is 18.7 Å². The van der Waals surface area contributed by atoms with Crippen molar-refractivity contribution in [1.29, 1.82) is 0 Å². The van der Waals surface area contributed by atoms with Gasteiger partial charge in [-0.2, -0.15) is 0 Å². The molecule has 3 aromatic rings. The van der Waals surface area contributed by atoms with Gasteiger partial charge >= 0.3 is 5.97 Å². The summed E-state index contributed by atoms with van der Waals surface area (Å²) in [5.41, 5.74) is 1.40. The van der Waals surface area contributed by atoms with Crippen LogP contribution in [-0.4, -0.2) is 47.6 Å². The normalized spacial score (nSPS) is 14.6. The molecule has 2 aromatic carbocycles. The Morgan fingerprint density at radius 2 is 2.03 bits per heavy atom. The quantitative estimate of drug-likeness (QED) is 0.397. The number of aromatic nitrogens is 2. The van der Waals surface area contributed by atoms with Crippen molar-refractivity contribution in [3.8, 4) is 5.75 Å². The SMILES string of the molecule is Cl.[C-]#[N+]c1ccc2c(N3CCC(C(F)C(=O)O)CC3)nnc(NCc3ccc(OC)c(Cl)c3)c2c1. The molecule has 1 atom stereocenters. The van der Waals surface area contributed by atoms with E-state index in [1.807, 2.05) is 17.0 Å². The monoisotopic (exact) mass is 519 g/mol. The number of rotatable bonds is 7. The van der Waals surface area contributed by atoms with E-state index in [0.717, 1.165) is 16.3 Å². The number of fused-ring (bicyclic) bond motifs is 1. The fourth-order valence-electron chi connectivity index (χ4n) is 4.17. The van der Waals surface area contributed by atoms with E-state index in [2.05, 4.69) is 20.4 Å². The Kier molecular flexibility index (Phi) is 8.54. The molecule has 1 aliphatic heterocycles. The molecule has 0 bridgehead atoms. The van der Waals surface area contributed by atoms with E-state index < -0.39 is 18.1 Å². The van der Waals surface area contributed by atoms with Crippen LogP contribution in [0.2, 0.25) is 5.02 Å². The number of ether oxygens (including phenoxy) is 1. The molecule has 184 valence electrons. The van der Waals surface area contributed by atoms with E-state index in [1.54, 1.807) is 31.4 Å². The first kappa shape index (κ1) is 26.3. The van der Waals surface area contributed by atoms with Crippen LogP contribution >= 0.6 is 24.0 Å². The number of methoxy groups -OCH3 is 1. The molecule has 1 saturated heterocycles. The highest BCUT2D eigenvalue weighted by Gasteiger charge is 2.32. The van der Waals surface area contributed by atoms with E-state index in [1.165, 1.54) is 0 Å². The maximum absolute atomic E-state index is 13.9. The molecule has 4 rings (SSSR count). The average Bonchev–Trinajstić information content (AvgIpc) is 2.86. The van der Waals surface area contributed by atoms with Crippen molar-refractivity contribution in [2.24, 2.45) is 5.92 Å². The molecule has 0 aliphatic carbocycles. The lowest BCUT2D eigenvalue weighted by molar-refractivity contribution is -0.145. The number of alkyl halides is 1. The molecule has 2 heterocycles. The van der Waals surface area contributed by atoms with Crippen molar-refractivity contribution in [2.45, 2.75) is 25.6 Å². The Hall–Kier alpha value is -3.35. The Morgan fingerprint density at radius 1 is 1.29 bits per heavy atom. The maximum Gasteiger partial charge on any atom is 0.338 e. The van der Waals surface area contributed by atoms with Crippen molar-refractivity contribution in [1.82, 2.24) is 10.2 Å². The summed E-state index contributed by atoms with van der Waals surface area (Å²) in [7, 11) is 1.56. The van der Waals surface area contributed by atoms with Gasteiger partial charge in [-0.05, 0) is 36.6 Å². The molecule has 11 heteroatoms. The van der Waals surface area contributed by atoms with Gasteiger partial charge in [0, 0.05) is 36.3 Å². The number of piperidine rings is 1. The van der Waals surface area contributed by atoms with Crippen LogP contribution in [0.5, 0.6) is 5.75 Å². The molecule has 1 fully saturated rings. The number of benzene rings is 2. The third-order valence-corrected chi connectivity index (χ3v) is 6.33. The number of hydrogen-bond donors (Lipinski definition) is 2. The van der Waals surface area contributed by atoms with Crippen LogP contribution < -0.4 is 15.0 Å². The molecule has 0 amide bonds. The minimum Gasteiger partial charge on any atom is -0.495 e. The van der Waals surface area contributed by atoms with Gasteiger partial charge in [0.25, 0.3) is 0 Å². The summed E-state index contributed by atoms with van der Waals surface area (Å²) in [4.78, 5) is 16.5. The molecule has 35 heavy (non-hydrogen) atoms. The van der Waals surface area contributed by atoms with Crippen LogP contribution in [0.25, 0.3) is 15.6 Å². The van der Waals surface area contributed by atoms with Gasteiger partial charge in [-0.3, -0.25) is 0 Å². The average molecular weight is 520 g/mol. The largest absolute Gasteiger partial charge is 0.495 e. The van der Waals surface area contributed by atoms with Crippen LogP contribution in [-0.2, 0) is 11.3 Å². The lowest BCUT2D eigenvalue weighted by atomic mass is 9.92. The first-order valence-electron chi connectivity index (χ1n) is 10.8.